The molecule has 2 saturated heterocycles. The fraction of sp³-hybridized carbons (Fsp3) is 0.765. The monoisotopic (exact) mass is 292 g/mol. The first-order valence-corrected chi connectivity index (χ1v) is 9.00. The molecule has 0 radical (unpaired) electrons. The molecule has 0 aliphatic carbocycles. The Bertz CT molecular complexity index is 415. The molecular formula is C17H28N2S. The SMILES string of the molecule is CC(C)CN1CCC[C@@]2(CCN(Cc3cccs3)C2)C1. The quantitative estimate of drug-likeness (QED) is 0.835. The molecule has 1 aromatic rings. The van der Waals surface area contributed by atoms with Crippen LogP contribution in [0.4, 0.5) is 0 Å². The topological polar surface area (TPSA) is 6.48 Å². The lowest BCUT2D eigenvalue weighted by atomic mass is 9.79. The molecular weight excluding hydrogens is 264 g/mol. The van der Waals surface area contributed by atoms with Gasteiger partial charge in [-0.15, -0.1) is 11.3 Å². The molecule has 0 saturated carbocycles. The second-order valence-corrected chi connectivity index (χ2v) is 8.30. The van der Waals surface area contributed by atoms with E-state index in [1.54, 1.807) is 0 Å². The standard InChI is InChI=1S/C17H28N2S/c1-15(2)11-18-8-4-6-17(13-18)7-9-19(14-17)12-16-5-3-10-20-16/h3,5,10,15H,4,6-9,11-14H2,1-2H3/t17-/m1/s1. The van der Waals surface area contributed by atoms with Crippen LogP contribution in [-0.2, 0) is 6.54 Å². The Kier molecular flexibility index (Phi) is 4.49. The van der Waals surface area contributed by atoms with Crippen LogP contribution in [0.5, 0.6) is 0 Å². The van der Waals surface area contributed by atoms with Crippen molar-refractivity contribution < 1.29 is 0 Å². The van der Waals surface area contributed by atoms with Gasteiger partial charge in [-0.1, -0.05) is 19.9 Å². The molecule has 112 valence electrons. The molecule has 0 aromatic carbocycles. The van der Waals surface area contributed by atoms with Crippen LogP contribution in [0.25, 0.3) is 0 Å². The van der Waals surface area contributed by atoms with Gasteiger partial charge >= 0.3 is 0 Å². The van der Waals surface area contributed by atoms with E-state index in [0.717, 1.165) is 5.92 Å². The van der Waals surface area contributed by atoms with Crippen LogP contribution in [0.1, 0.15) is 38.0 Å². The number of hydrogen-bond acceptors (Lipinski definition) is 3. The summed E-state index contributed by atoms with van der Waals surface area (Å²) in [5, 5.41) is 2.20. The number of hydrogen-bond donors (Lipinski definition) is 0. The van der Waals surface area contributed by atoms with Crippen molar-refractivity contribution >= 4 is 11.3 Å². The summed E-state index contributed by atoms with van der Waals surface area (Å²) in [6, 6.07) is 4.46. The normalized spacial score (nSPS) is 28.8. The van der Waals surface area contributed by atoms with E-state index in [-0.39, 0.29) is 0 Å². The number of piperidine rings is 1. The van der Waals surface area contributed by atoms with Gasteiger partial charge in [0.2, 0.25) is 0 Å². The highest BCUT2D eigenvalue weighted by Gasteiger charge is 2.41. The highest BCUT2D eigenvalue weighted by atomic mass is 32.1. The average molecular weight is 292 g/mol. The van der Waals surface area contributed by atoms with Crippen LogP contribution < -0.4 is 0 Å². The summed E-state index contributed by atoms with van der Waals surface area (Å²) in [5.41, 5.74) is 0.602. The summed E-state index contributed by atoms with van der Waals surface area (Å²) in [6.07, 6.45) is 4.26. The van der Waals surface area contributed by atoms with E-state index in [4.69, 9.17) is 0 Å². The van der Waals surface area contributed by atoms with Crippen molar-refractivity contribution in [3.63, 3.8) is 0 Å². The Hall–Kier alpha value is -0.380. The van der Waals surface area contributed by atoms with E-state index >= 15 is 0 Å². The van der Waals surface area contributed by atoms with E-state index in [1.165, 1.54) is 63.4 Å². The fourth-order valence-corrected chi connectivity index (χ4v) is 4.85. The van der Waals surface area contributed by atoms with Crippen molar-refractivity contribution in [3.8, 4) is 0 Å². The molecule has 1 aromatic heterocycles. The Morgan fingerprint density at radius 2 is 2.05 bits per heavy atom. The minimum absolute atomic E-state index is 0.602. The van der Waals surface area contributed by atoms with Crippen molar-refractivity contribution in [1.82, 2.24) is 9.80 Å². The van der Waals surface area contributed by atoms with Crippen LogP contribution in [-0.4, -0.2) is 42.5 Å². The molecule has 2 aliphatic rings. The van der Waals surface area contributed by atoms with E-state index in [0.29, 0.717) is 5.41 Å². The second-order valence-electron chi connectivity index (χ2n) is 7.27. The maximum Gasteiger partial charge on any atom is 0.0328 e. The van der Waals surface area contributed by atoms with Gasteiger partial charge in [-0.2, -0.15) is 0 Å². The van der Waals surface area contributed by atoms with Gasteiger partial charge in [0.1, 0.15) is 0 Å². The van der Waals surface area contributed by atoms with Crippen molar-refractivity contribution in [2.24, 2.45) is 11.3 Å². The van der Waals surface area contributed by atoms with Crippen LogP contribution in [0.2, 0.25) is 0 Å². The third-order valence-corrected chi connectivity index (χ3v) is 5.70. The van der Waals surface area contributed by atoms with E-state index < -0.39 is 0 Å². The van der Waals surface area contributed by atoms with Gasteiger partial charge in [-0.3, -0.25) is 4.90 Å². The number of likely N-dealkylation sites (tertiary alicyclic amines) is 2. The van der Waals surface area contributed by atoms with Gasteiger partial charge in [0.15, 0.2) is 0 Å². The predicted molar refractivity (Wildman–Crippen MR) is 87.2 cm³/mol. The van der Waals surface area contributed by atoms with Gasteiger partial charge in [0.05, 0.1) is 0 Å². The van der Waals surface area contributed by atoms with Crippen molar-refractivity contribution in [2.75, 3.05) is 32.7 Å². The predicted octanol–water partition coefficient (Wildman–Crippen LogP) is 3.69. The van der Waals surface area contributed by atoms with E-state index in [2.05, 4.69) is 41.2 Å². The minimum Gasteiger partial charge on any atom is -0.302 e. The van der Waals surface area contributed by atoms with Gasteiger partial charge in [0.25, 0.3) is 0 Å². The van der Waals surface area contributed by atoms with Crippen molar-refractivity contribution in [2.45, 2.75) is 39.7 Å². The second kappa shape index (κ2) is 6.17. The molecule has 2 nitrogen and oxygen atoms in total. The minimum atomic E-state index is 0.602. The first-order valence-electron chi connectivity index (χ1n) is 8.12. The molecule has 0 bridgehead atoms. The smallest absolute Gasteiger partial charge is 0.0328 e. The first-order chi connectivity index (χ1) is 9.65. The molecule has 0 amide bonds. The summed E-state index contributed by atoms with van der Waals surface area (Å²) in [5.74, 6) is 0.800. The Morgan fingerprint density at radius 1 is 1.20 bits per heavy atom. The zero-order chi connectivity index (χ0) is 14.0. The lowest BCUT2D eigenvalue weighted by Crippen LogP contribution is -2.45. The summed E-state index contributed by atoms with van der Waals surface area (Å²) >= 11 is 1.90. The van der Waals surface area contributed by atoms with E-state index in [1.807, 2.05) is 11.3 Å². The number of nitrogens with zero attached hydrogens (tertiary/aromatic N) is 2. The molecule has 2 fully saturated rings. The molecule has 2 aliphatic heterocycles. The Balaban J connectivity index is 1.57. The van der Waals surface area contributed by atoms with Crippen LogP contribution in [0, 0.1) is 11.3 Å². The molecule has 3 rings (SSSR count). The van der Waals surface area contributed by atoms with Crippen molar-refractivity contribution in [1.29, 1.82) is 0 Å². The molecule has 3 heterocycles. The van der Waals surface area contributed by atoms with E-state index in [9.17, 15) is 0 Å². The molecule has 0 unspecified atom stereocenters. The third-order valence-electron chi connectivity index (χ3n) is 4.84. The van der Waals surface area contributed by atoms with Crippen LogP contribution in [0.3, 0.4) is 0 Å². The fourth-order valence-electron chi connectivity index (χ4n) is 4.10. The summed E-state index contributed by atoms with van der Waals surface area (Å²) in [7, 11) is 0. The van der Waals surface area contributed by atoms with Crippen LogP contribution in [0.15, 0.2) is 17.5 Å². The van der Waals surface area contributed by atoms with Gasteiger partial charge < -0.3 is 4.90 Å². The lowest BCUT2D eigenvalue weighted by molar-refractivity contribution is 0.0834. The summed E-state index contributed by atoms with van der Waals surface area (Å²) in [4.78, 5) is 6.94. The van der Waals surface area contributed by atoms with Crippen molar-refractivity contribution in [3.05, 3.63) is 22.4 Å². The Labute approximate surface area is 127 Å². The highest BCUT2D eigenvalue weighted by Crippen LogP contribution is 2.39. The maximum atomic E-state index is 2.73. The molecule has 1 spiro atoms. The summed E-state index contributed by atoms with van der Waals surface area (Å²) in [6.45, 7) is 12.4. The maximum absolute atomic E-state index is 2.73. The molecule has 1 atom stereocenters. The average Bonchev–Trinajstić information content (AvgIpc) is 3.00. The molecule has 3 heteroatoms. The zero-order valence-electron chi connectivity index (χ0n) is 13.0. The van der Waals surface area contributed by atoms with Gasteiger partial charge in [-0.25, -0.2) is 0 Å². The summed E-state index contributed by atoms with van der Waals surface area (Å²) < 4.78 is 0. The largest absolute Gasteiger partial charge is 0.302 e. The van der Waals surface area contributed by atoms with Gasteiger partial charge in [0, 0.05) is 31.1 Å². The van der Waals surface area contributed by atoms with Gasteiger partial charge in [-0.05, 0) is 55.1 Å². The third kappa shape index (κ3) is 3.44. The zero-order valence-corrected chi connectivity index (χ0v) is 13.8. The first kappa shape index (κ1) is 14.6. The number of thiophene rings is 1. The Morgan fingerprint density at radius 3 is 2.80 bits per heavy atom. The lowest BCUT2D eigenvalue weighted by Gasteiger charge is -2.41. The molecule has 0 N–H and O–H groups in total. The molecule has 20 heavy (non-hydrogen) atoms. The number of rotatable bonds is 4. The highest BCUT2D eigenvalue weighted by molar-refractivity contribution is 7.09. The van der Waals surface area contributed by atoms with Crippen LogP contribution >= 0.6 is 11.3 Å².